The molecule has 1 aromatic heterocycles. The van der Waals surface area contributed by atoms with Gasteiger partial charge < -0.3 is 15.4 Å². The van der Waals surface area contributed by atoms with Crippen LogP contribution >= 0.6 is 0 Å². The molecular weight excluding hydrogens is 312 g/mol. The van der Waals surface area contributed by atoms with Gasteiger partial charge in [0.2, 0.25) is 5.95 Å². The first kappa shape index (κ1) is 16.8. The van der Waals surface area contributed by atoms with Crippen LogP contribution in [0.1, 0.15) is 24.2 Å². The van der Waals surface area contributed by atoms with E-state index in [9.17, 15) is 0 Å². The molecule has 2 N–H and O–H groups in total. The molecule has 1 unspecified atom stereocenters. The standard InChI is InChI=1S/C20H22N4O/c1-14-13-19(23-17-11-7-8-12-18(17)25-3)24-20(21-14)22-15(2)16-9-5-4-6-10-16/h4-13,15H,1-3H3,(H2,21,22,23,24). The molecule has 5 heteroatoms. The summed E-state index contributed by atoms with van der Waals surface area (Å²) in [6, 6.07) is 20.0. The zero-order chi connectivity index (χ0) is 17.6. The van der Waals surface area contributed by atoms with Crippen molar-refractivity contribution in [2.45, 2.75) is 19.9 Å². The van der Waals surface area contributed by atoms with Crippen molar-refractivity contribution in [3.05, 3.63) is 71.9 Å². The average molecular weight is 334 g/mol. The summed E-state index contributed by atoms with van der Waals surface area (Å²) < 4.78 is 5.38. The molecule has 5 nitrogen and oxygen atoms in total. The molecule has 0 saturated heterocycles. The second-order valence-electron chi connectivity index (χ2n) is 5.82. The van der Waals surface area contributed by atoms with E-state index in [1.165, 1.54) is 5.56 Å². The van der Waals surface area contributed by atoms with Gasteiger partial charge in [-0.15, -0.1) is 0 Å². The van der Waals surface area contributed by atoms with Gasteiger partial charge in [0, 0.05) is 11.8 Å². The molecule has 0 aliphatic carbocycles. The first-order valence-corrected chi connectivity index (χ1v) is 8.23. The van der Waals surface area contributed by atoms with Crippen molar-refractivity contribution in [3.63, 3.8) is 0 Å². The van der Waals surface area contributed by atoms with E-state index < -0.39 is 0 Å². The smallest absolute Gasteiger partial charge is 0.225 e. The van der Waals surface area contributed by atoms with Crippen LogP contribution in [0.5, 0.6) is 5.75 Å². The molecule has 0 aliphatic heterocycles. The van der Waals surface area contributed by atoms with Crippen LogP contribution in [-0.4, -0.2) is 17.1 Å². The highest BCUT2D eigenvalue weighted by Crippen LogP contribution is 2.27. The number of hydrogen-bond acceptors (Lipinski definition) is 5. The number of aryl methyl sites for hydroxylation is 1. The number of nitrogens with zero attached hydrogens (tertiary/aromatic N) is 2. The molecule has 0 amide bonds. The minimum Gasteiger partial charge on any atom is -0.495 e. The number of benzene rings is 2. The Morgan fingerprint density at radius 1 is 0.960 bits per heavy atom. The summed E-state index contributed by atoms with van der Waals surface area (Å²) in [6.45, 7) is 4.04. The van der Waals surface area contributed by atoms with Crippen LogP contribution in [0.15, 0.2) is 60.7 Å². The highest BCUT2D eigenvalue weighted by molar-refractivity contribution is 5.64. The maximum atomic E-state index is 5.38. The number of aromatic nitrogens is 2. The zero-order valence-corrected chi connectivity index (χ0v) is 14.7. The Balaban J connectivity index is 1.81. The third kappa shape index (κ3) is 4.26. The molecule has 128 valence electrons. The van der Waals surface area contributed by atoms with Crippen molar-refractivity contribution in [3.8, 4) is 5.75 Å². The van der Waals surface area contributed by atoms with Gasteiger partial charge in [0.05, 0.1) is 18.8 Å². The van der Waals surface area contributed by atoms with E-state index in [4.69, 9.17) is 4.74 Å². The molecule has 0 fully saturated rings. The summed E-state index contributed by atoms with van der Waals surface area (Å²) in [5, 5.41) is 6.66. The lowest BCUT2D eigenvalue weighted by Crippen LogP contribution is -2.11. The average Bonchev–Trinajstić information content (AvgIpc) is 2.62. The van der Waals surface area contributed by atoms with Gasteiger partial charge in [0.15, 0.2) is 0 Å². The Labute approximate surface area is 148 Å². The van der Waals surface area contributed by atoms with Crippen molar-refractivity contribution in [2.24, 2.45) is 0 Å². The van der Waals surface area contributed by atoms with Gasteiger partial charge in [-0.05, 0) is 31.5 Å². The molecule has 3 aromatic rings. The lowest BCUT2D eigenvalue weighted by molar-refractivity contribution is 0.417. The van der Waals surface area contributed by atoms with Crippen LogP contribution < -0.4 is 15.4 Å². The predicted octanol–water partition coefficient (Wildman–Crippen LogP) is 4.71. The van der Waals surface area contributed by atoms with Crippen LogP contribution in [0.2, 0.25) is 0 Å². The van der Waals surface area contributed by atoms with Crippen LogP contribution in [0.3, 0.4) is 0 Å². The highest BCUT2D eigenvalue weighted by Gasteiger charge is 2.09. The van der Waals surface area contributed by atoms with Crippen molar-refractivity contribution >= 4 is 17.5 Å². The van der Waals surface area contributed by atoms with Crippen LogP contribution in [-0.2, 0) is 0 Å². The van der Waals surface area contributed by atoms with Crippen molar-refractivity contribution in [2.75, 3.05) is 17.7 Å². The second-order valence-corrected chi connectivity index (χ2v) is 5.82. The fourth-order valence-corrected chi connectivity index (χ4v) is 2.60. The zero-order valence-electron chi connectivity index (χ0n) is 14.7. The van der Waals surface area contributed by atoms with Gasteiger partial charge in [0.25, 0.3) is 0 Å². The maximum absolute atomic E-state index is 5.38. The lowest BCUT2D eigenvalue weighted by atomic mass is 10.1. The maximum Gasteiger partial charge on any atom is 0.225 e. The molecule has 0 radical (unpaired) electrons. The summed E-state index contributed by atoms with van der Waals surface area (Å²) in [4.78, 5) is 9.07. The van der Waals surface area contributed by atoms with Crippen molar-refractivity contribution < 1.29 is 4.74 Å². The quantitative estimate of drug-likeness (QED) is 0.683. The molecule has 2 aromatic carbocycles. The van der Waals surface area contributed by atoms with Gasteiger partial charge in [-0.2, -0.15) is 4.98 Å². The number of anilines is 3. The summed E-state index contributed by atoms with van der Waals surface area (Å²) >= 11 is 0. The fourth-order valence-electron chi connectivity index (χ4n) is 2.60. The Hall–Kier alpha value is -3.08. The molecule has 25 heavy (non-hydrogen) atoms. The van der Waals surface area contributed by atoms with E-state index in [0.29, 0.717) is 5.95 Å². The summed E-state index contributed by atoms with van der Waals surface area (Å²) in [5.74, 6) is 2.08. The van der Waals surface area contributed by atoms with E-state index in [1.807, 2.05) is 55.5 Å². The summed E-state index contributed by atoms with van der Waals surface area (Å²) in [6.07, 6.45) is 0. The number of nitrogens with one attached hydrogen (secondary N) is 2. The molecule has 0 bridgehead atoms. The Bertz CT molecular complexity index is 836. The lowest BCUT2D eigenvalue weighted by Gasteiger charge is -2.16. The van der Waals surface area contributed by atoms with Gasteiger partial charge >= 0.3 is 0 Å². The second kappa shape index (κ2) is 7.66. The van der Waals surface area contributed by atoms with Crippen molar-refractivity contribution in [1.29, 1.82) is 0 Å². The topological polar surface area (TPSA) is 59.1 Å². The minimum atomic E-state index is 0.113. The number of methoxy groups -OCH3 is 1. The SMILES string of the molecule is COc1ccccc1Nc1cc(C)nc(NC(C)c2ccccc2)n1. The third-order valence-corrected chi connectivity index (χ3v) is 3.87. The Kier molecular flexibility index (Phi) is 5.14. The molecule has 1 atom stereocenters. The van der Waals surface area contributed by atoms with Crippen LogP contribution in [0.4, 0.5) is 17.5 Å². The van der Waals surface area contributed by atoms with Gasteiger partial charge in [-0.25, -0.2) is 4.98 Å². The van der Waals surface area contributed by atoms with Crippen LogP contribution in [0, 0.1) is 6.92 Å². The predicted molar refractivity (Wildman–Crippen MR) is 102 cm³/mol. The highest BCUT2D eigenvalue weighted by atomic mass is 16.5. The molecule has 1 heterocycles. The van der Waals surface area contributed by atoms with E-state index >= 15 is 0 Å². The first-order chi connectivity index (χ1) is 12.2. The number of ether oxygens (including phenoxy) is 1. The van der Waals surface area contributed by atoms with E-state index in [0.717, 1.165) is 22.9 Å². The number of rotatable bonds is 6. The molecule has 0 aliphatic rings. The molecule has 0 spiro atoms. The Morgan fingerprint density at radius 3 is 2.44 bits per heavy atom. The van der Waals surface area contributed by atoms with Crippen LogP contribution in [0.25, 0.3) is 0 Å². The largest absolute Gasteiger partial charge is 0.495 e. The normalized spacial score (nSPS) is 11.6. The molecule has 3 rings (SSSR count). The van der Waals surface area contributed by atoms with E-state index in [-0.39, 0.29) is 6.04 Å². The van der Waals surface area contributed by atoms with Gasteiger partial charge in [-0.3, -0.25) is 0 Å². The molecule has 0 saturated carbocycles. The Morgan fingerprint density at radius 2 is 1.68 bits per heavy atom. The van der Waals surface area contributed by atoms with Gasteiger partial charge in [0.1, 0.15) is 11.6 Å². The molecular formula is C20H22N4O. The monoisotopic (exact) mass is 334 g/mol. The summed E-state index contributed by atoms with van der Waals surface area (Å²) in [7, 11) is 1.65. The van der Waals surface area contributed by atoms with E-state index in [1.54, 1.807) is 7.11 Å². The van der Waals surface area contributed by atoms with Crippen molar-refractivity contribution in [1.82, 2.24) is 9.97 Å². The van der Waals surface area contributed by atoms with Gasteiger partial charge in [-0.1, -0.05) is 42.5 Å². The summed E-state index contributed by atoms with van der Waals surface area (Å²) in [5.41, 5.74) is 2.94. The third-order valence-electron chi connectivity index (χ3n) is 3.87. The number of hydrogen-bond donors (Lipinski definition) is 2. The number of para-hydroxylation sites is 2. The first-order valence-electron chi connectivity index (χ1n) is 8.23. The minimum absolute atomic E-state index is 0.113. The fraction of sp³-hybridized carbons (Fsp3) is 0.200. The van der Waals surface area contributed by atoms with E-state index in [2.05, 4.69) is 39.7 Å².